The van der Waals surface area contributed by atoms with Gasteiger partial charge in [0.1, 0.15) is 36.9 Å². The fourth-order valence-corrected chi connectivity index (χ4v) is 3.27. The number of rotatable bonds is 10. The van der Waals surface area contributed by atoms with Crippen LogP contribution < -0.4 is 9.47 Å². The molecule has 2 atom stereocenters. The molecule has 0 aliphatic carbocycles. The standard InChI is InChI=1S/C26H22O6/c27-25(19-3-1-5-21(11-19)29-13-23-15-31-23)17-7-9-18(10-8-17)26(28)20-4-2-6-22(12-20)30-14-24-16-32-24/h1-12,23-24H,13-16H2. The van der Waals surface area contributed by atoms with Gasteiger partial charge >= 0.3 is 0 Å². The minimum atomic E-state index is -0.130. The van der Waals surface area contributed by atoms with E-state index in [0.29, 0.717) is 47.0 Å². The Balaban J connectivity index is 1.26. The summed E-state index contributed by atoms with van der Waals surface area (Å²) in [5, 5.41) is 0. The molecule has 162 valence electrons. The first kappa shape index (κ1) is 20.4. The lowest BCUT2D eigenvalue weighted by atomic mass is 9.98. The number of hydrogen-bond donors (Lipinski definition) is 0. The number of hydrogen-bond acceptors (Lipinski definition) is 6. The average Bonchev–Trinajstić information content (AvgIpc) is 3.76. The lowest BCUT2D eigenvalue weighted by molar-refractivity contribution is 0.102. The summed E-state index contributed by atoms with van der Waals surface area (Å²) in [5.41, 5.74) is 2.07. The minimum absolute atomic E-state index is 0.130. The molecule has 2 fully saturated rings. The molecule has 0 amide bonds. The van der Waals surface area contributed by atoms with Gasteiger partial charge in [0.25, 0.3) is 0 Å². The number of carbonyl (C=O) groups excluding carboxylic acids is 2. The van der Waals surface area contributed by atoms with Gasteiger partial charge in [-0.3, -0.25) is 9.59 Å². The molecule has 2 saturated heterocycles. The summed E-state index contributed by atoms with van der Waals surface area (Å²) in [6.45, 7) is 2.40. The number of ketones is 2. The van der Waals surface area contributed by atoms with Crippen molar-refractivity contribution in [2.24, 2.45) is 0 Å². The predicted molar refractivity (Wildman–Crippen MR) is 117 cm³/mol. The van der Waals surface area contributed by atoms with Crippen molar-refractivity contribution in [3.63, 3.8) is 0 Å². The van der Waals surface area contributed by atoms with E-state index in [4.69, 9.17) is 18.9 Å². The van der Waals surface area contributed by atoms with Crippen LogP contribution >= 0.6 is 0 Å². The van der Waals surface area contributed by atoms with Crippen molar-refractivity contribution in [2.45, 2.75) is 12.2 Å². The van der Waals surface area contributed by atoms with Gasteiger partial charge in [0.05, 0.1) is 13.2 Å². The molecule has 0 N–H and O–H groups in total. The third-order valence-corrected chi connectivity index (χ3v) is 5.28. The summed E-state index contributed by atoms with van der Waals surface area (Å²) in [5.74, 6) is 1.01. The van der Waals surface area contributed by atoms with Crippen LogP contribution in [0.2, 0.25) is 0 Å². The Labute approximate surface area is 185 Å². The Morgan fingerprint density at radius 2 is 1.06 bits per heavy atom. The van der Waals surface area contributed by atoms with Crippen molar-refractivity contribution < 1.29 is 28.5 Å². The number of carbonyl (C=O) groups is 2. The van der Waals surface area contributed by atoms with Crippen molar-refractivity contribution >= 4 is 11.6 Å². The summed E-state index contributed by atoms with van der Waals surface area (Å²) in [6.07, 6.45) is 0.304. The topological polar surface area (TPSA) is 77.7 Å². The molecule has 5 rings (SSSR count). The first-order chi connectivity index (χ1) is 15.7. The van der Waals surface area contributed by atoms with Crippen LogP contribution in [-0.2, 0) is 9.47 Å². The molecule has 2 aliphatic rings. The monoisotopic (exact) mass is 430 g/mol. The Morgan fingerprint density at radius 3 is 1.44 bits per heavy atom. The van der Waals surface area contributed by atoms with Crippen molar-refractivity contribution in [2.75, 3.05) is 26.4 Å². The zero-order chi connectivity index (χ0) is 21.9. The fraction of sp³-hybridized carbons (Fsp3) is 0.231. The first-order valence-corrected chi connectivity index (χ1v) is 10.5. The SMILES string of the molecule is O=C(c1ccc(C(=O)c2cccc(OCC3CO3)c2)cc1)c1cccc(OCC2CO2)c1. The molecule has 2 heterocycles. The quantitative estimate of drug-likeness (QED) is 0.361. The van der Waals surface area contributed by atoms with Crippen molar-refractivity contribution in [3.8, 4) is 11.5 Å². The second kappa shape index (κ2) is 8.94. The molecule has 0 bridgehead atoms. The van der Waals surface area contributed by atoms with Gasteiger partial charge in [-0.1, -0.05) is 48.5 Å². The maximum atomic E-state index is 12.9. The Bertz CT molecular complexity index is 1040. The van der Waals surface area contributed by atoms with Crippen LogP contribution in [-0.4, -0.2) is 50.2 Å². The van der Waals surface area contributed by atoms with E-state index in [1.807, 2.05) is 12.1 Å². The largest absolute Gasteiger partial charge is 0.491 e. The van der Waals surface area contributed by atoms with Crippen molar-refractivity contribution in [1.29, 1.82) is 0 Å². The molecule has 0 saturated carbocycles. The third-order valence-electron chi connectivity index (χ3n) is 5.28. The van der Waals surface area contributed by atoms with Crippen LogP contribution in [0, 0.1) is 0 Å². The second-order valence-electron chi connectivity index (χ2n) is 7.82. The van der Waals surface area contributed by atoms with Gasteiger partial charge in [0.15, 0.2) is 11.6 Å². The molecule has 2 aliphatic heterocycles. The van der Waals surface area contributed by atoms with Crippen LogP contribution in [0.4, 0.5) is 0 Å². The van der Waals surface area contributed by atoms with E-state index in [1.54, 1.807) is 60.7 Å². The van der Waals surface area contributed by atoms with E-state index in [0.717, 1.165) is 13.2 Å². The molecule has 32 heavy (non-hydrogen) atoms. The summed E-state index contributed by atoms with van der Waals surface area (Å²) < 4.78 is 21.6. The highest BCUT2D eigenvalue weighted by molar-refractivity contribution is 6.11. The molecule has 0 aromatic heterocycles. The third kappa shape index (κ3) is 5.04. The normalized spacial score (nSPS) is 18.6. The second-order valence-corrected chi connectivity index (χ2v) is 7.82. The minimum Gasteiger partial charge on any atom is -0.491 e. The molecule has 3 aromatic rings. The fourth-order valence-electron chi connectivity index (χ4n) is 3.27. The maximum absolute atomic E-state index is 12.9. The predicted octanol–water partition coefficient (Wildman–Crippen LogP) is 3.70. The Kier molecular flexibility index (Phi) is 5.71. The summed E-state index contributed by atoms with van der Waals surface area (Å²) in [6, 6.07) is 20.9. The van der Waals surface area contributed by atoms with Crippen LogP contribution in [0.5, 0.6) is 11.5 Å². The molecule has 0 radical (unpaired) electrons. The smallest absolute Gasteiger partial charge is 0.193 e. The summed E-state index contributed by atoms with van der Waals surface area (Å²) >= 11 is 0. The highest BCUT2D eigenvalue weighted by atomic mass is 16.6. The van der Waals surface area contributed by atoms with Gasteiger partial charge in [-0.05, 0) is 24.3 Å². The van der Waals surface area contributed by atoms with E-state index in [1.165, 1.54) is 0 Å². The van der Waals surface area contributed by atoms with Crippen LogP contribution in [0.15, 0.2) is 72.8 Å². The van der Waals surface area contributed by atoms with Crippen molar-refractivity contribution in [1.82, 2.24) is 0 Å². The molecule has 6 nitrogen and oxygen atoms in total. The number of benzene rings is 3. The van der Waals surface area contributed by atoms with Crippen LogP contribution in [0.3, 0.4) is 0 Å². The van der Waals surface area contributed by atoms with Crippen LogP contribution in [0.25, 0.3) is 0 Å². The molecular formula is C26H22O6. The Hall–Kier alpha value is -3.48. The van der Waals surface area contributed by atoms with E-state index in [2.05, 4.69) is 0 Å². The maximum Gasteiger partial charge on any atom is 0.193 e. The summed E-state index contributed by atoms with van der Waals surface area (Å²) in [7, 11) is 0. The lowest BCUT2D eigenvalue weighted by Crippen LogP contribution is -2.07. The van der Waals surface area contributed by atoms with Crippen molar-refractivity contribution in [3.05, 3.63) is 95.1 Å². The van der Waals surface area contributed by atoms with E-state index < -0.39 is 0 Å². The Morgan fingerprint density at radius 1 is 0.656 bits per heavy atom. The van der Waals surface area contributed by atoms with Crippen LogP contribution in [0.1, 0.15) is 31.8 Å². The van der Waals surface area contributed by atoms with Gasteiger partial charge in [-0.15, -0.1) is 0 Å². The van der Waals surface area contributed by atoms with Gasteiger partial charge in [0, 0.05) is 22.3 Å². The molecule has 3 aromatic carbocycles. The zero-order valence-electron chi connectivity index (χ0n) is 17.4. The molecular weight excluding hydrogens is 408 g/mol. The lowest BCUT2D eigenvalue weighted by Gasteiger charge is -2.08. The highest BCUT2D eigenvalue weighted by Crippen LogP contribution is 2.21. The van der Waals surface area contributed by atoms with E-state index in [9.17, 15) is 9.59 Å². The highest BCUT2D eigenvalue weighted by Gasteiger charge is 2.24. The average molecular weight is 430 g/mol. The summed E-state index contributed by atoms with van der Waals surface area (Å²) in [4.78, 5) is 25.8. The molecule has 0 spiro atoms. The number of ether oxygens (including phenoxy) is 4. The number of epoxide rings is 2. The first-order valence-electron chi connectivity index (χ1n) is 10.5. The van der Waals surface area contributed by atoms with E-state index in [-0.39, 0.29) is 23.8 Å². The van der Waals surface area contributed by atoms with Gasteiger partial charge < -0.3 is 18.9 Å². The van der Waals surface area contributed by atoms with Gasteiger partial charge in [-0.2, -0.15) is 0 Å². The van der Waals surface area contributed by atoms with Gasteiger partial charge in [0.2, 0.25) is 0 Å². The van der Waals surface area contributed by atoms with E-state index >= 15 is 0 Å². The van der Waals surface area contributed by atoms with Gasteiger partial charge in [-0.25, -0.2) is 0 Å². The molecule has 2 unspecified atom stereocenters. The molecule has 6 heteroatoms. The zero-order valence-corrected chi connectivity index (χ0v) is 17.4.